The smallest absolute Gasteiger partial charge is 0.374 e. The van der Waals surface area contributed by atoms with Gasteiger partial charge in [0.2, 0.25) is 15.8 Å². The summed E-state index contributed by atoms with van der Waals surface area (Å²) >= 11 is 0. The van der Waals surface area contributed by atoms with Crippen molar-refractivity contribution in [1.29, 1.82) is 0 Å². The van der Waals surface area contributed by atoms with Crippen LogP contribution in [0.2, 0.25) is 0 Å². The van der Waals surface area contributed by atoms with E-state index in [4.69, 9.17) is 9.15 Å². The number of rotatable bonds is 7. The van der Waals surface area contributed by atoms with Gasteiger partial charge in [-0.2, -0.15) is 0 Å². The van der Waals surface area contributed by atoms with Gasteiger partial charge in [0.05, 0.1) is 11.5 Å². The van der Waals surface area contributed by atoms with Crippen LogP contribution in [-0.2, 0) is 21.2 Å². The Bertz CT molecular complexity index is 1370. The maximum atomic E-state index is 12.8. The molecule has 160 valence electrons. The first kappa shape index (κ1) is 21.1. The number of hydrogen-bond acceptors (Lipinski definition) is 5. The van der Waals surface area contributed by atoms with Crippen molar-refractivity contribution in [1.82, 2.24) is 4.72 Å². The van der Waals surface area contributed by atoms with E-state index in [9.17, 15) is 13.2 Å². The van der Waals surface area contributed by atoms with Crippen LogP contribution in [0, 0.1) is 6.92 Å². The van der Waals surface area contributed by atoms with Crippen molar-refractivity contribution >= 4 is 37.7 Å². The van der Waals surface area contributed by atoms with E-state index in [0.29, 0.717) is 23.0 Å². The van der Waals surface area contributed by atoms with E-state index in [1.165, 1.54) is 12.1 Å². The minimum Gasteiger partial charge on any atom is -0.460 e. The fourth-order valence-electron chi connectivity index (χ4n) is 3.57. The van der Waals surface area contributed by atoms with Crippen molar-refractivity contribution in [3.05, 3.63) is 77.6 Å². The van der Waals surface area contributed by atoms with Crippen molar-refractivity contribution in [3.63, 3.8) is 0 Å². The quantitative estimate of drug-likeness (QED) is 0.427. The van der Waals surface area contributed by atoms with Crippen molar-refractivity contribution in [3.8, 4) is 0 Å². The van der Waals surface area contributed by atoms with Crippen molar-refractivity contribution < 1.29 is 22.4 Å². The Morgan fingerprint density at radius 2 is 1.81 bits per heavy atom. The van der Waals surface area contributed by atoms with Crippen LogP contribution >= 0.6 is 0 Å². The molecule has 3 aromatic carbocycles. The van der Waals surface area contributed by atoms with Gasteiger partial charge in [0, 0.05) is 17.5 Å². The summed E-state index contributed by atoms with van der Waals surface area (Å²) in [6.07, 6.45) is 0.573. The van der Waals surface area contributed by atoms with Gasteiger partial charge in [0.15, 0.2) is 0 Å². The third-order valence-electron chi connectivity index (χ3n) is 5.20. The van der Waals surface area contributed by atoms with Crippen LogP contribution in [-0.4, -0.2) is 27.5 Å². The lowest BCUT2D eigenvalue weighted by Gasteiger charge is -2.08. The molecule has 0 aliphatic carbocycles. The number of furan rings is 1. The SMILES string of the molecule is CCOC(=O)c1oc2ccc(S(=O)(=O)NCCc3ccc4ccccc4c3)cc2c1C. The van der Waals surface area contributed by atoms with Gasteiger partial charge in [-0.1, -0.05) is 42.5 Å². The van der Waals surface area contributed by atoms with Crippen LogP contribution in [0.25, 0.3) is 21.7 Å². The van der Waals surface area contributed by atoms with Crippen LogP contribution in [0.1, 0.15) is 28.6 Å². The van der Waals surface area contributed by atoms with Gasteiger partial charge in [-0.25, -0.2) is 17.9 Å². The Hall–Kier alpha value is -3.16. The second kappa shape index (κ2) is 8.53. The minimum atomic E-state index is -3.71. The first-order valence-electron chi connectivity index (χ1n) is 10.1. The lowest BCUT2D eigenvalue weighted by molar-refractivity contribution is 0.0491. The molecule has 0 amide bonds. The highest BCUT2D eigenvalue weighted by atomic mass is 32.2. The normalized spacial score (nSPS) is 11.8. The van der Waals surface area contributed by atoms with Crippen LogP contribution in [0.3, 0.4) is 0 Å². The summed E-state index contributed by atoms with van der Waals surface area (Å²) in [5.41, 5.74) is 2.05. The fourth-order valence-corrected chi connectivity index (χ4v) is 4.62. The van der Waals surface area contributed by atoms with Crippen molar-refractivity contribution in [2.24, 2.45) is 0 Å². The molecule has 1 N–H and O–H groups in total. The molecule has 0 aliphatic rings. The summed E-state index contributed by atoms with van der Waals surface area (Å²) in [5, 5.41) is 2.85. The second-order valence-corrected chi connectivity index (χ2v) is 9.03. The van der Waals surface area contributed by atoms with E-state index in [1.54, 1.807) is 19.9 Å². The molecule has 0 saturated heterocycles. The molecule has 4 aromatic rings. The minimum absolute atomic E-state index is 0.0932. The number of carbonyl (C=O) groups excluding carboxylic acids is 1. The third kappa shape index (κ3) is 4.33. The van der Waals surface area contributed by atoms with Crippen LogP contribution in [0.15, 0.2) is 70.0 Å². The van der Waals surface area contributed by atoms with E-state index in [2.05, 4.69) is 10.8 Å². The highest BCUT2D eigenvalue weighted by molar-refractivity contribution is 7.89. The van der Waals surface area contributed by atoms with Gasteiger partial charge in [-0.3, -0.25) is 0 Å². The Labute approximate surface area is 180 Å². The van der Waals surface area contributed by atoms with E-state index in [0.717, 1.165) is 16.3 Å². The number of aryl methyl sites for hydroxylation is 1. The number of sulfonamides is 1. The first-order valence-corrected chi connectivity index (χ1v) is 11.5. The van der Waals surface area contributed by atoms with E-state index < -0.39 is 16.0 Å². The molecule has 0 atom stereocenters. The Balaban J connectivity index is 1.50. The molecule has 0 spiro atoms. The molecule has 4 rings (SSSR count). The number of ether oxygens (including phenoxy) is 1. The number of hydrogen-bond donors (Lipinski definition) is 1. The average molecular weight is 438 g/mol. The molecule has 1 aromatic heterocycles. The van der Waals surface area contributed by atoms with Gasteiger partial charge in [0.25, 0.3) is 0 Å². The van der Waals surface area contributed by atoms with E-state index >= 15 is 0 Å². The Kier molecular flexibility index (Phi) is 5.80. The number of benzene rings is 3. The molecule has 0 radical (unpaired) electrons. The predicted octanol–water partition coefficient (Wildman–Crippen LogP) is 4.59. The zero-order chi connectivity index (χ0) is 22.0. The summed E-state index contributed by atoms with van der Waals surface area (Å²) in [7, 11) is -3.71. The third-order valence-corrected chi connectivity index (χ3v) is 6.66. The first-order chi connectivity index (χ1) is 14.9. The van der Waals surface area contributed by atoms with E-state index in [1.807, 2.05) is 36.4 Å². The van der Waals surface area contributed by atoms with Crippen LogP contribution in [0.4, 0.5) is 0 Å². The zero-order valence-electron chi connectivity index (χ0n) is 17.3. The summed E-state index contributed by atoms with van der Waals surface area (Å²) in [6.45, 7) is 3.93. The summed E-state index contributed by atoms with van der Waals surface area (Å²) in [6, 6.07) is 18.7. The van der Waals surface area contributed by atoms with Gasteiger partial charge in [-0.15, -0.1) is 0 Å². The van der Waals surface area contributed by atoms with Gasteiger partial charge in [0.1, 0.15) is 5.58 Å². The fraction of sp³-hybridized carbons (Fsp3) is 0.208. The number of esters is 1. The number of fused-ring (bicyclic) bond motifs is 2. The molecule has 31 heavy (non-hydrogen) atoms. The molecule has 0 saturated carbocycles. The molecule has 0 aliphatic heterocycles. The second-order valence-electron chi connectivity index (χ2n) is 7.26. The summed E-state index contributed by atoms with van der Waals surface area (Å²) in [4.78, 5) is 12.2. The molecule has 0 fully saturated rings. The van der Waals surface area contributed by atoms with Crippen molar-refractivity contribution in [2.75, 3.05) is 13.2 Å². The lowest BCUT2D eigenvalue weighted by atomic mass is 10.1. The largest absolute Gasteiger partial charge is 0.460 e. The molecule has 6 nitrogen and oxygen atoms in total. The summed E-state index contributed by atoms with van der Waals surface area (Å²) < 4.78 is 38.8. The number of carbonyl (C=O) groups is 1. The van der Waals surface area contributed by atoms with Crippen LogP contribution in [0.5, 0.6) is 0 Å². The van der Waals surface area contributed by atoms with E-state index in [-0.39, 0.29) is 23.8 Å². The predicted molar refractivity (Wildman–Crippen MR) is 120 cm³/mol. The Morgan fingerprint density at radius 3 is 2.58 bits per heavy atom. The van der Waals surface area contributed by atoms with Gasteiger partial charge < -0.3 is 9.15 Å². The molecule has 7 heteroatoms. The summed E-state index contributed by atoms with van der Waals surface area (Å²) in [5.74, 6) is -0.468. The van der Waals surface area contributed by atoms with Gasteiger partial charge in [-0.05, 0) is 54.8 Å². The lowest BCUT2D eigenvalue weighted by Crippen LogP contribution is -2.26. The Morgan fingerprint density at radius 1 is 1.03 bits per heavy atom. The average Bonchev–Trinajstić information content (AvgIpc) is 3.10. The maximum absolute atomic E-state index is 12.8. The monoisotopic (exact) mass is 437 g/mol. The highest BCUT2D eigenvalue weighted by Gasteiger charge is 2.21. The molecule has 0 bridgehead atoms. The van der Waals surface area contributed by atoms with Gasteiger partial charge >= 0.3 is 5.97 Å². The molecular weight excluding hydrogens is 414 g/mol. The molecule has 1 heterocycles. The molecule has 0 unspecified atom stereocenters. The molecular formula is C24H23NO5S. The maximum Gasteiger partial charge on any atom is 0.374 e. The van der Waals surface area contributed by atoms with Crippen molar-refractivity contribution in [2.45, 2.75) is 25.2 Å². The number of nitrogens with one attached hydrogen (secondary N) is 1. The topological polar surface area (TPSA) is 85.6 Å². The highest BCUT2D eigenvalue weighted by Crippen LogP contribution is 2.28. The zero-order valence-corrected chi connectivity index (χ0v) is 18.2. The standard InChI is InChI=1S/C24H23NO5S/c1-3-29-24(26)23-16(2)21-15-20(10-11-22(21)30-23)31(27,28)25-13-12-17-8-9-18-6-4-5-7-19(18)14-17/h4-11,14-15,25H,3,12-13H2,1-2H3. The van der Waals surface area contributed by atoms with Crippen LogP contribution < -0.4 is 4.72 Å².